The summed E-state index contributed by atoms with van der Waals surface area (Å²) in [5.41, 5.74) is 11.3. The van der Waals surface area contributed by atoms with E-state index in [9.17, 15) is 0 Å². The van der Waals surface area contributed by atoms with Crippen LogP contribution in [0.4, 0.5) is 0 Å². The van der Waals surface area contributed by atoms with E-state index in [0.29, 0.717) is 5.92 Å². The average Bonchev–Trinajstić information content (AvgIpc) is 3.75. The fourth-order valence-electron chi connectivity index (χ4n) is 7.19. The molecule has 0 bridgehead atoms. The van der Waals surface area contributed by atoms with Crippen molar-refractivity contribution in [1.82, 2.24) is 0 Å². The normalized spacial score (nSPS) is 13.6. The summed E-state index contributed by atoms with van der Waals surface area (Å²) in [5, 5.41) is 5.47. The Morgan fingerprint density at radius 2 is 1.24 bits per heavy atom. The third kappa shape index (κ3) is 11.4. The molecule has 1 fully saturated rings. The molecule has 0 nitrogen and oxygen atoms in total. The summed E-state index contributed by atoms with van der Waals surface area (Å²) in [7, 11) is 11.0. The maximum atomic E-state index is 4.93. The first-order chi connectivity index (χ1) is 24.5. The Balaban J connectivity index is 0.000000199. The zero-order valence-corrected chi connectivity index (χ0v) is 37.0. The molecule has 7 rings (SSSR count). The summed E-state index contributed by atoms with van der Waals surface area (Å²) in [4.78, 5) is 0. The van der Waals surface area contributed by atoms with Gasteiger partial charge >= 0.3 is 37.9 Å². The molecule has 0 aliphatic heterocycles. The molecule has 1 atom stereocenters. The van der Waals surface area contributed by atoms with E-state index in [1.165, 1.54) is 105 Å². The van der Waals surface area contributed by atoms with E-state index in [2.05, 4.69) is 164 Å². The number of hydrogen-bond acceptors (Lipinski definition) is 0. The third-order valence-corrected chi connectivity index (χ3v) is 10.2. The van der Waals surface area contributed by atoms with Gasteiger partial charge in [-0.1, -0.05) is 152 Å². The summed E-state index contributed by atoms with van der Waals surface area (Å²) in [6.45, 7) is 17.8. The van der Waals surface area contributed by atoms with Crippen molar-refractivity contribution in [2.24, 2.45) is 0 Å². The molecule has 4 heteroatoms. The van der Waals surface area contributed by atoms with Crippen molar-refractivity contribution in [3.05, 3.63) is 131 Å². The summed E-state index contributed by atoms with van der Waals surface area (Å²) in [5.74, 6) is 1.42. The van der Waals surface area contributed by atoms with Crippen LogP contribution in [-0.4, -0.2) is 9.52 Å². The summed E-state index contributed by atoms with van der Waals surface area (Å²) >= 11 is -0.826. The Bertz CT molecular complexity index is 1900. The maximum absolute atomic E-state index is 4.93. The van der Waals surface area contributed by atoms with Gasteiger partial charge in [0.15, 0.2) is 0 Å². The Morgan fingerprint density at radius 1 is 0.745 bits per heavy atom. The van der Waals surface area contributed by atoms with Gasteiger partial charge in [-0.2, -0.15) is 12.1 Å². The van der Waals surface area contributed by atoms with Crippen LogP contribution in [0.25, 0.3) is 43.8 Å². The van der Waals surface area contributed by atoms with Crippen LogP contribution < -0.4 is 0 Å². The van der Waals surface area contributed by atoms with Gasteiger partial charge in [0.05, 0.1) is 0 Å². The minimum atomic E-state index is -0.826. The van der Waals surface area contributed by atoms with Gasteiger partial charge in [0.1, 0.15) is 0 Å². The molecule has 0 N–H and O–H groups in total. The van der Waals surface area contributed by atoms with Crippen LogP contribution in [0.1, 0.15) is 107 Å². The molecule has 0 heterocycles. The number of rotatable bonds is 5. The molecule has 266 valence electrons. The van der Waals surface area contributed by atoms with Crippen LogP contribution in [-0.2, 0) is 26.3 Å². The molecular weight excluding hydrogens is 755 g/mol. The summed E-state index contributed by atoms with van der Waals surface area (Å²) in [6.07, 6.45) is 8.16. The molecule has 1 aliphatic rings. The number of fused-ring (bicyclic) bond motifs is 2. The number of halogens is 2. The first kappa shape index (κ1) is 41.5. The van der Waals surface area contributed by atoms with Crippen molar-refractivity contribution in [2.45, 2.75) is 110 Å². The molecule has 51 heavy (non-hydrogen) atoms. The Hall–Kier alpha value is -2.22. The first-order valence-corrected chi connectivity index (χ1v) is 27.0. The zero-order chi connectivity index (χ0) is 37.0. The summed E-state index contributed by atoms with van der Waals surface area (Å²) in [6, 6.07) is 41.0. The molecule has 0 saturated heterocycles. The van der Waals surface area contributed by atoms with Crippen molar-refractivity contribution < 1.29 is 20.8 Å². The van der Waals surface area contributed by atoms with Gasteiger partial charge in [0.25, 0.3) is 0 Å². The molecule has 0 amide bonds. The van der Waals surface area contributed by atoms with Crippen molar-refractivity contribution >= 4 is 48.1 Å². The van der Waals surface area contributed by atoms with Gasteiger partial charge in [-0.3, -0.25) is 0 Å². The van der Waals surface area contributed by atoms with Gasteiger partial charge < -0.3 is 0 Å². The van der Waals surface area contributed by atoms with Gasteiger partial charge in [-0.15, -0.1) is 69.1 Å². The van der Waals surface area contributed by atoms with E-state index >= 15 is 0 Å². The number of hydrogen-bond donors (Lipinski definition) is 0. The van der Waals surface area contributed by atoms with E-state index in [-0.39, 0.29) is 5.41 Å². The summed E-state index contributed by atoms with van der Waals surface area (Å²) < 4.78 is 0. The standard InChI is InChI=1S/C23H27.C22H23.C2H6Si.2ClH.Zr/c1-6-16(2)19-14-18-8-7-9-21(22(18)15-19)17-10-12-20(13-11-17)23(3,4)5;1-16-14-20-8-5-9-21(22(20)15-16)19-12-10-18(11-13-19)17-6-3-2-4-7-17;1-3-2;;;/h7-16H,6H2,1-5H3;5,8-15,17H,2-4,6-7H2,1H3;1-2H3;2*1H;/q2*-1;;;;+4/p-2. The van der Waals surface area contributed by atoms with E-state index in [1.54, 1.807) is 0 Å². The van der Waals surface area contributed by atoms with Gasteiger partial charge in [-0.05, 0) is 52.3 Å². The monoisotopic (exact) mass is 808 g/mol. The van der Waals surface area contributed by atoms with Crippen molar-refractivity contribution in [1.29, 1.82) is 0 Å². The third-order valence-electron chi connectivity index (χ3n) is 10.2. The molecule has 0 spiro atoms. The minimum absolute atomic E-state index is 0.203. The predicted molar refractivity (Wildman–Crippen MR) is 227 cm³/mol. The molecule has 1 aliphatic carbocycles. The van der Waals surface area contributed by atoms with Gasteiger partial charge in [0, 0.05) is 9.52 Å². The van der Waals surface area contributed by atoms with Crippen LogP contribution in [0, 0.1) is 6.92 Å². The van der Waals surface area contributed by atoms with E-state index in [1.807, 2.05) is 0 Å². The second-order valence-corrected chi connectivity index (χ2v) is 19.8. The van der Waals surface area contributed by atoms with Crippen LogP contribution in [0.2, 0.25) is 13.1 Å². The fourth-order valence-corrected chi connectivity index (χ4v) is 7.19. The fraction of sp³-hybridized carbons (Fsp3) is 0.362. The topological polar surface area (TPSA) is 0 Å². The second-order valence-electron chi connectivity index (χ2n) is 15.1. The molecule has 1 unspecified atom stereocenters. The van der Waals surface area contributed by atoms with Crippen molar-refractivity contribution in [3.8, 4) is 22.3 Å². The molecule has 2 radical (unpaired) electrons. The Kier molecular flexibility index (Phi) is 16.5. The number of benzene rings is 4. The van der Waals surface area contributed by atoms with Gasteiger partial charge in [-0.25, -0.2) is 0 Å². The van der Waals surface area contributed by atoms with E-state index < -0.39 is 20.8 Å². The van der Waals surface area contributed by atoms with Crippen molar-refractivity contribution in [2.75, 3.05) is 0 Å². The van der Waals surface area contributed by atoms with Crippen LogP contribution in [0.3, 0.4) is 0 Å². The van der Waals surface area contributed by atoms with Crippen LogP contribution >= 0.6 is 17.0 Å². The van der Waals surface area contributed by atoms with E-state index in [4.69, 9.17) is 17.0 Å². The second kappa shape index (κ2) is 20.3. The van der Waals surface area contributed by atoms with Crippen molar-refractivity contribution in [3.63, 3.8) is 0 Å². The first-order valence-electron chi connectivity index (χ1n) is 18.7. The van der Waals surface area contributed by atoms with Gasteiger partial charge in [0.2, 0.25) is 0 Å². The van der Waals surface area contributed by atoms with E-state index in [0.717, 1.165) is 15.4 Å². The zero-order valence-electron chi connectivity index (χ0n) is 32.0. The van der Waals surface area contributed by atoms with Crippen LogP contribution in [0.15, 0.2) is 109 Å². The average molecular weight is 811 g/mol. The quantitative estimate of drug-likeness (QED) is 0.120. The molecule has 6 aromatic carbocycles. The Morgan fingerprint density at radius 3 is 1.75 bits per heavy atom. The number of aryl methyl sites for hydroxylation is 1. The molecule has 0 aromatic heterocycles. The SMILES string of the molecule is CCC(C)c1cc2c(-c3ccc(C(C)(C)C)cc3)cccc2[cH-]1.C[Si]C.Cc1cc2c(-c3ccc(C4CCCCC4)cc3)cccc2[cH-]1.[Cl][Zr+2][Cl]. The molecular formula is C47H56Cl2SiZr. The Labute approximate surface area is 330 Å². The predicted octanol–water partition coefficient (Wildman–Crippen LogP) is 15.8. The molecule has 6 aromatic rings. The van der Waals surface area contributed by atoms with Crippen LogP contribution in [0.5, 0.6) is 0 Å². The molecule has 1 saturated carbocycles.